The fourth-order valence-corrected chi connectivity index (χ4v) is 3.04. The zero-order valence-electron chi connectivity index (χ0n) is 14.7. The van der Waals surface area contributed by atoms with Gasteiger partial charge < -0.3 is 29.2 Å². The SMILES string of the molecule is COc1ccc2cc[nH]c2c1OCCNC[C@@H]1COc2ccccc2O1. The van der Waals surface area contributed by atoms with Crippen LogP contribution in [0.3, 0.4) is 0 Å². The van der Waals surface area contributed by atoms with Crippen LogP contribution in [0.25, 0.3) is 10.9 Å². The summed E-state index contributed by atoms with van der Waals surface area (Å²) in [5, 5.41) is 4.45. The second-order valence-electron chi connectivity index (χ2n) is 6.09. The summed E-state index contributed by atoms with van der Waals surface area (Å²) >= 11 is 0. The quantitative estimate of drug-likeness (QED) is 0.639. The van der Waals surface area contributed by atoms with E-state index in [0.717, 1.165) is 33.9 Å². The second kappa shape index (κ2) is 7.58. The van der Waals surface area contributed by atoms with Crippen LogP contribution >= 0.6 is 0 Å². The average Bonchev–Trinajstić information content (AvgIpc) is 3.16. The van der Waals surface area contributed by atoms with Crippen molar-refractivity contribution >= 4 is 10.9 Å². The van der Waals surface area contributed by atoms with Gasteiger partial charge >= 0.3 is 0 Å². The molecule has 1 aliphatic rings. The third-order valence-electron chi connectivity index (χ3n) is 4.33. The van der Waals surface area contributed by atoms with Crippen molar-refractivity contribution in [3.05, 3.63) is 48.7 Å². The van der Waals surface area contributed by atoms with Gasteiger partial charge in [-0.05, 0) is 30.3 Å². The Morgan fingerprint density at radius 2 is 2.04 bits per heavy atom. The highest BCUT2D eigenvalue weighted by Crippen LogP contribution is 2.34. The molecule has 6 nitrogen and oxygen atoms in total. The van der Waals surface area contributed by atoms with Crippen LogP contribution in [0.2, 0.25) is 0 Å². The molecule has 0 saturated heterocycles. The highest BCUT2D eigenvalue weighted by molar-refractivity contribution is 5.87. The van der Waals surface area contributed by atoms with Gasteiger partial charge in [-0.3, -0.25) is 0 Å². The van der Waals surface area contributed by atoms with E-state index >= 15 is 0 Å². The van der Waals surface area contributed by atoms with Gasteiger partial charge in [0.1, 0.15) is 19.3 Å². The Balaban J connectivity index is 1.27. The molecule has 1 aromatic heterocycles. The molecule has 0 radical (unpaired) electrons. The van der Waals surface area contributed by atoms with Crippen LogP contribution in [0.1, 0.15) is 0 Å². The largest absolute Gasteiger partial charge is 0.493 e. The number of fused-ring (bicyclic) bond motifs is 2. The standard InChI is InChI=1S/C20H22N2O4/c1-23-18-7-6-14-8-9-22-19(14)20(18)24-11-10-21-12-15-13-25-16-4-2-3-5-17(16)26-15/h2-9,15,21-22H,10-13H2,1H3/t15-/m1/s1. The predicted octanol–water partition coefficient (Wildman–Crippen LogP) is 2.98. The number of benzene rings is 2. The topological polar surface area (TPSA) is 64.7 Å². The summed E-state index contributed by atoms with van der Waals surface area (Å²) < 4.78 is 23.0. The lowest BCUT2D eigenvalue weighted by molar-refractivity contribution is 0.0897. The minimum absolute atomic E-state index is 0.00808. The molecule has 2 heterocycles. The van der Waals surface area contributed by atoms with Gasteiger partial charge in [0.25, 0.3) is 0 Å². The zero-order valence-corrected chi connectivity index (χ0v) is 14.7. The third kappa shape index (κ3) is 3.41. The van der Waals surface area contributed by atoms with E-state index in [2.05, 4.69) is 10.3 Å². The van der Waals surface area contributed by atoms with Gasteiger partial charge in [0.2, 0.25) is 0 Å². The summed E-state index contributed by atoms with van der Waals surface area (Å²) in [5.74, 6) is 3.06. The molecule has 0 amide bonds. The molecule has 0 fully saturated rings. The van der Waals surface area contributed by atoms with Crippen LogP contribution < -0.4 is 24.3 Å². The number of H-pyrrole nitrogens is 1. The van der Waals surface area contributed by atoms with Gasteiger partial charge in [-0.1, -0.05) is 12.1 Å². The van der Waals surface area contributed by atoms with Gasteiger partial charge in [0.15, 0.2) is 23.0 Å². The second-order valence-corrected chi connectivity index (χ2v) is 6.09. The van der Waals surface area contributed by atoms with Crippen LogP contribution in [-0.4, -0.2) is 44.5 Å². The highest BCUT2D eigenvalue weighted by Gasteiger charge is 2.20. The number of para-hydroxylation sites is 2. The Kier molecular flexibility index (Phi) is 4.84. The summed E-state index contributed by atoms with van der Waals surface area (Å²) in [6.45, 7) is 2.46. The third-order valence-corrected chi connectivity index (χ3v) is 4.33. The predicted molar refractivity (Wildman–Crippen MR) is 99.6 cm³/mol. The fourth-order valence-electron chi connectivity index (χ4n) is 3.04. The number of methoxy groups -OCH3 is 1. The maximum Gasteiger partial charge on any atom is 0.185 e. The maximum atomic E-state index is 5.95. The molecule has 2 aromatic carbocycles. The number of rotatable bonds is 7. The van der Waals surface area contributed by atoms with Crippen LogP contribution in [0.15, 0.2) is 48.7 Å². The fraction of sp³-hybridized carbons (Fsp3) is 0.300. The van der Waals surface area contributed by atoms with E-state index in [9.17, 15) is 0 Å². The van der Waals surface area contributed by atoms with Crippen molar-refractivity contribution in [2.75, 3.05) is 33.4 Å². The lowest BCUT2D eigenvalue weighted by atomic mass is 10.2. The average molecular weight is 354 g/mol. The van der Waals surface area contributed by atoms with E-state index in [1.54, 1.807) is 7.11 Å². The van der Waals surface area contributed by atoms with E-state index in [1.807, 2.05) is 48.7 Å². The molecule has 6 heteroatoms. The summed E-state index contributed by atoms with van der Waals surface area (Å²) in [4.78, 5) is 3.20. The van der Waals surface area contributed by atoms with Crippen molar-refractivity contribution in [1.29, 1.82) is 0 Å². The van der Waals surface area contributed by atoms with E-state index < -0.39 is 0 Å². The van der Waals surface area contributed by atoms with Gasteiger partial charge in [0.05, 0.1) is 12.6 Å². The molecule has 1 aliphatic heterocycles. The van der Waals surface area contributed by atoms with Gasteiger partial charge in [-0.2, -0.15) is 0 Å². The smallest absolute Gasteiger partial charge is 0.185 e. The molecular formula is C20H22N2O4. The molecule has 3 aromatic rings. The lowest BCUT2D eigenvalue weighted by Crippen LogP contribution is -2.39. The van der Waals surface area contributed by atoms with Crippen molar-refractivity contribution in [2.45, 2.75) is 6.10 Å². The first-order valence-corrected chi connectivity index (χ1v) is 8.71. The normalized spacial score (nSPS) is 15.8. The summed E-state index contributed by atoms with van der Waals surface area (Å²) in [5.41, 5.74) is 0.949. The zero-order chi connectivity index (χ0) is 17.8. The molecule has 1 atom stereocenters. The molecule has 0 bridgehead atoms. The van der Waals surface area contributed by atoms with Gasteiger partial charge in [0, 0.05) is 24.7 Å². The molecule has 0 saturated carbocycles. The van der Waals surface area contributed by atoms with Gasteiger partial charge in [-0.25, -0.2) is 0 Å². The van der Waals surface area contributed by atoms with E-state index in [-0.39, 0.29) is 6.10 Å². The maximum absolute atomic E-state index is 5.95. The lowest BCUT2D eigenvalue weighted by Gasteiger charge is -2.26. The number of aromatic nitrogens is 1. The molecule has 2 N–H and O–H groups in total. The van der Waals surface area contributed by atoms with E-state index in [4.69, 9.17) is 18.9 Å². The molecule has 0 spiro atoms. The number of hydrogen-bond donors (Lipinski definition) is 2. The van der Waals surface area contributed by atoms with Crippen LogP contribution in [-0.2, 0) is 0 Å². The number of aromatic amines is 1. The van der Waals surface area contributed by atoms with Crippen molar-refractivity contribution in [3.63, 3.8) is 0 Å². The highest BCUT2D eigenvalue weighted by atomic mass is 16.6. The first kappa shape index (κ1) is 16.6. The van der Waals surface area contributed by atoms with Crippen molar-refractivity contribution in [1.82, 2.24) is 10.3 Å². The molecule has 136 valence electrons. The number of hydrogen-bond acceptors (Lipinski definition) is 5. The number of ether oxygens (including phenoxy) is 4. The van der Waals surface area contributed by atoms with Crippen LogP contribution in [0, 0.1) is 0 Å². The van der Waals surface area contributed by atoms with E-state index in [1.165, 1.54) is 0 Å². The summed E-state index contributed by atoms with van der Waals surface area (Å²) in [7, 11) is 1.65. The summed E-state index contributed by atoms with van der Waals surface area (Å²) in [6.07, 6.45) is 1.89. The molecule has 0 unspecified atom stereocenters. The van der Waals surface area contributed by atoms with Crippen molar-refractivity contribution in [3.8, 4) is 23.0 Å². The summed E-state index contributed by atoms with van der Waals surface area (Å²) in [6, 6.07) is 13.7. The molecule has 0 aliphatic carbocycles. The Morgan fingerprint density at radius 1 is 1.15 bits per heavy atom. The van der Waals surface area contributed by atoms with Crippen LogP contribution in [0.4, 0.5) is 0 Å². The van der Waals surface area contributed by atoms with Gasteiger partial charge in [-0.15, -0.1) is 0 Å². The Morgan fingerprint density at radius 3 is 2.92 bits per heavy atom. The first-order chi connectivity index (χ1) is 12.8. The molecular weight excluding hydrogens is 332 g/mol. The van der Waals surface area contributed by atoms with Crippen LogP contribution in [0.5, 0.6) is 23.0 Å². The van der Waals surface area contributed by atoms with Crippen molar-refractivity contribution < 1.29 is 18.9 Å². The Labute approximate surface area is 152 Å². The van der Waals surface area contributed by atoms with Crippen molar-refractivity contribution in [2.24, 2.45) is 0 Å². The number of nitrogens with one attached hydrogen (secondary N) is 2. The minimum atomic E-state index is -0.00808. The minimum Gasteiger partial charge on any atom is -0.493 e. The Bertz CT molecular complexity index is 877. The molecule has 4 rings (SSSR count). The Hall–Kier alpha value is -2.86. The monoisotopic (exact) mass is 354 g/mol. The molecule has 26 heavy (non-hydrogen) atoms. The first-order valence-electron chi connectivity index (χ1n) is 8.71. The van der Waals surface area contributed by atoms with E-state index in [0.29, 0.717) is 26.3 Å².